The first-order valence-electron chi connectivity index (χ1n) is 12.5. The number of carboxylic acids is 1. The van der Waals surface area contributed by atoms with E-state index in [4.69, 9.17) is 23.2 Å². The van der Waals surface area contributed by atoms with Crippen LogP contribution in [0.2, 0.25) is 10.0 Å². The molecule has 0 aliphatic carbocycles. The van der Waals surface area contributed by atoms with Crippen molar-refractivity contribution >= 4 is 44.9 Å². The largest absolute Gasteiger partial charge is 0.481 e. The molecule has 0 saturated carbocycles. The van der Waals surface area contributed by atoms with E-state index >= 15 is 0 Å². The fraction of sp³-hybridized carbons (Fsp3) is 0.500. The van der Waals surface area contributed by atoms with Gasteiger partial charge in [-0.1, -0.05) is 49.2 Å². The van der Waals surface area contributed by atoms with Gasteiger partial charge in [0.2, 0.25) is 5.91 Å². The lowest BCUT2D eigenvalue weighted by Crippen LogP contribution is -2.58. The van der Waals surface area contributed by atoms with Crippen molar-refractivity contribution in [2.24, 2.45) is 5.41 Å². The fourth-order valence-corrected chi connectivity index (χ4v) is 6.99. The molecule has 0 bridgehead atoms. The average molecular weight is 587 g/mol. The zero-order chi connectivity index (χ0) is 28.6. The molecule has 1 fully saturated rings. The van der Waals surface area contributed by atoms with Crippen LogP contribution in [-0.2, 0) is 19.4 Å². The van der Waals surface area contributed by atoms with E-state index in [0.717, 1.165) is 0 Å². The van der Waals surface area contributed by atoms with Crippen molar-refractivity contribution in [3.05, 3.63) is 69.5 Å². The van der Waals surface area contributed by atoms with E-state index in [-0.39, 0.29) is 17.2 Å². The molecule has 6 nitrogen and oxygen atoms in total. The fourth-order valence-electron chi connectivity index (χ4n) is 5.23. The first-order chi connectivity index (χ1) is 17.5. The molecule has 3 rings (SSSR count). The minimum Gasteiger partial charge on any atom is -0.481 e. The molecule has 1 saturated heterocycles. The van der Waals surface area contributed by atoms with Crippen molar-refractivity contribution in [2.75, 3.05) is 5.75 Å². The van der Waals surface area contributed by atoms with Gasteiger partial charge < -0.3 is 10.0 Å². The maximum Gasteiger partial charge on any atom is 0.304 e. The topological polar surface area (TPSA) is 91.8 Å². The van der Waals surface area contributed by atoms with Gasteiger partial charge in [-0.15, -0.1) is 0 Å². The Kier molecular flexibility index (Phi) is 8.91. The van der Waals surface area contributed by atoms with Crippen LogP contribution in [0.4, 0.5) is 4.39 Å². The molecule has 1 amide bonds. The van der Waals surface area contributed by atoms with Crippen molar-refractivity contribution in [3.8, 4) is 0 Å². The molecule has 0 spiro atoms. The summed E-state index contributed by atoms with van der Waals surface area (Å²) in [6.45, 7) is 8.20. The number of carboxylic acid groups (broad SMARTS) is 1. The summed E-state index contributed by atoms with van der Waals surface area (Å²) in [6, 6.07) is 9.52. The summed E-state index contributed by atoms with van der Waals surface area (Å²) >= 11 is 12.4. The van der Waals surface area contributed by atoms with E-state index in [1.165, 1.54) is 17.0 Å². The highest BCUT2D eigenvalue weighted by atomic mass is 35.5. The van der Waals surface area contributed by atoms with Crippen LogP contribution in [0.3, 0.4) is 0 Å². The first-order valence-corrected chi connectivity index (χ1v) is 14.9. The van der Waals surface area contributed by atoms with Crippen molar-refractivity contribution in [1.82, 2.24) is 4.90 Å². The maximum absolute atomic E-state index is 14.6. The van der Waals surface area contributed by atoms with Crippen molar-refractivity contribution < 1.29 is 27.5 Å². The monoisotopic (exact) mass is 585 g/mol. The number of piperidine rings is 1. The Morgan fingerprint density at radius 3 is 2.24 bits per heavy atom. The van der Waals surface area contributed by atoms with Gasteiger partial charge >= 0.3 is 5.97 Å². The second kappa shape index (κ2) is 11.1. The molecule has 10 heteroatoms. The predicted octanol–water partition coefficient (Wildman–Crippen LogP) is 6.66. The van der Waals surface area contributed by atoms with Gasteiger partial charge in [0.25, 0.3) is 0 Å². The van der Waals surface area contributed by atoms with Gasteiger partial charge in [0.15, 0.2) is 9.84 Å². The van der Waals surface area contributed by atoms with E-state index in [9.17, 15) is 27.5 Å². The van der Waals surface area contributed by atoms with Gasteiger partial charge in [0, 0.05) is 22.0 Å². The summed E-state index contributed by atoms with van der Waals surface area (Å²) in [5.74, 6) is -3.04. The highest BCUT2D eigenvalue weighted by Crippen LogP contribution is 2.52. The third kappa shape index (κ3) is 6.35. The number of carbonyl (C=O) groups is 2. The molecule has 0 radical (unpaired) electrons. The SMILES string of the molecule is CCC(CS(=O)(=O)C(C)(C)C)N1C(=O)C(C)(CC(=O)O)CC(c2cc(F)cc(Cl)c2)C1c1ccc(Cl)cc1. The van der Waals surface area contributed by atoms with Crippen LogP contribution in [0.15, 0.2) is 42.5 Å². The molecule has 1 aliphatic heterocycles. The molecular formula is C28H34Cl2FNO5S. The summed E-state index contributed by atoms with van der Waals surface area (Å²) in [6.07, 6.45) is -0.0489. The Hall–Kier alpha value is -2.16. The summed E-state index contributed by atoms with van der Waals surface area (Å²) < 4.78 is 40.1. The molecule has 4 atom stereocenters. The third-order valence-corrected chi connectivity index (χ3v) is 10.5. The Bertz CT molecular complexity index is 1290. The van der Waals surface area contributed by atoms with Crippen LogP contribution < -0.4 is 0 Å². The number of rotatable bonds is 8. The Morgan fingerprint density at radius 1 is 1.13 bits per heavy atom. The number of amides is 1. The number of sulfone groups is 1. The van der Waals surface area contributed by atoms with Gasteiger partial charge in [-0.2, -0.15) is 0 Å². The molecule has 1 aliphatic rings. The lowest BCUT2D eigenvalue weighted by atomic mass is 9.67. The Balaban J connectivity index is 2.30. The normalized spacial score (nSPS) is 23.4. The molecular weight excluding hydrogens is 552 g/mol. The zero-order valence-electron chi connectivity index (χ0n) is 22.2. The van der Waals surface area contributed by atoms with Gasteiger partial charge in [-0.05, 0) is 75.1 Å². The highest BCUT2D eigenvalue weighted by molar-refractivity contribution is 7.92. The van der Waals surface area contributed by atoms with E-state index in [0.29, 0.717) is 22.6 Å². The van der Waals surface area contributed by atoms with Crippen molar-refractivity contribution in [2.45, 2.75) is 76.6 Å². The summed E-state index contributed by atoms with van der Waals surface area (Å²) in [5.41, 5.74) is -0.188. The third-order valence-electron chi connectivity index (χ3n) is 7.38. The van der Waals surface area contributed by atoms with Crippen LogP contribution in [0.5, 0.6) is 0 Å². The van der Waals surface area contributed by atoms with Crippen molar-refractivity contribution in [1.29, 1.82) is 0 Å². The average Bonchev–Trinajstić information content (AvgIpc) is 2.78. The van der Waals surface area contributed by atoms with Gasteiger partial charge in [-0.25, -0.2) is 12.8 Å². The van der Waals surface area contributed by atoms with E-state index in [1.54, 1.807) is 65.0 Å². The molecule has 0 aromatic heterocycles. The van der Waals surface area contributed by atoms with Gasteiger partial charge in [0.1, 0.15) is 5.82 Å². The molecule has 1 heterocycles. The Labute approximate surface area is 234 Å². The summed E-state index contributed by atoms with van der Waals surface area (Å²) in [7, 11) is -3.66. The highest BCUT2D eigenvalue weighted by Gasteiger charge is 2.53. The number of carbonyl (C=O) groups excluding carboxylic acids is 1. The molecule has 38 heavy (non-hydrogen) atoms. The van der Waals surface area contributed by atoms with Gasteiger partial charge in [0.05, 0.1) is 28.4 Å². The Morgan fingerprint density at radius 2 is 1.74 bits per heavy atom. The summed E-state index contributed by atoms with van der Waals surface area (Å²) in [5, 5.41) is 10.4. The molecule has 2 aromatic rings. The predicted molar refractivity (Wildman–Crippen MR) is 148 cm³/mol. The van der Waals surface area contributed by atoms with Crippen LogP contribution in [0.25, 0.3) is 0 Å². The van der Waals surface area contributed by atoms with Crippen molar-refractivity contribution in [3.63, 3.8) is 0 Å². The minimum atomic E-state index is -3.66. The standard InChI is InChI=1S/C28H34Cl2FNO5S/c1-6-22(16-38(36,37)27(2,3)4)32-25(17-7-9-19(29)10-8-17)23(18-11-20(30)13-21(31)12-18)14-28(5,26(32)35)15-24(33)34/h7-13,22-23,25H,6,14-16H2,1-5H3,(H,33,34). The van der Waals surface area contributed by atoms with Crippen LogP contribution >= 0.6 is 23.2 Å². The van der Waals surface area contributed by atoms with Crippen LogP contribution in [0.1, 0.15) is 77.0 Å². The lowest BCUT2D eigenvalue weighted by Gasteiger charge is -2.52. The van der Waals surface area contributed by atoms with E-state index < -0.39 is 62.1 Å². The number of hydrogen-bond donors (Lipinski definition) is 1. The number of halogens is 3. The number of hydrogen-bond acceptors (Lipinski definition) is 4. The van der Waals surface area contributed by atoms with Crippen LogP contribution in [-0.4, -0.2) is 46.8 Å². The molecule has 2 aromatic carbocycles. The first kappa shape index (κ1) is 30.4. The second-order valence-corrected chi connectivity index (χ2v) is 15.0. The minimum absolute atomic E-state index is 0.101. The number of likely N-dealkylation sites (tertiary alicyclic amines) is 1. The number of aliphatic carboxylic acids is 1. The van der Waals surface area contributed by atoms with Gasteiger partial charge in [-0.3, -0.25) is 9.59 Å². The van der Waals surface area contributed by atoms with E-state index in [1.807, 2.05) is 0 Å². The number of benzene rings is 2. The van der Waals surface area contributed by atoms with E-state index in [2.05, 4.69) is 0 Å². The maximum atomic E-state index is 14.6. The molecule has 1 N–H and O–H groups in total. The summed E-state index contributed by atoms with van der Waals surface area (Å²) in [4.78, 5) is 27.7. The zero-order valence-corrected chi connectivity index (χ0v) is 24.5. The molecule has 208 valence electrons. The molecule has 4 unspecified atom stereocenters. The second-order valence-electron chi connectivity index (χ2n) is 11.3. The quantitative estimate of drug-likeness (QED) is 0.374. The smallest absolute Gasteiger partial charge is 0.304 e. The number of nitrogens with zero attached hydrogens (tertiary/aromatic N) is 1. The van der Waals surface area contributed by atoms with Crippen LogP contribution in [0, 0.1) is 11.2 Å². The lowest BCUT2D eigenvalue weighted by molar-refractivity contribution is -0.160.